The van der Waals surface area contributed by atoms with Crippen LogP contribution in [-0.2, 0) is 0 Å². The summed E-state index contributed by atoms with van der Waals surface area (Å²) in [7, 11) is 0. The third-order valence-electron chi connectivity index (χ3n) is 5.50. The van der Waals surface area contributed by atoms with Crippen molar-refractivity contribution in [3.63, 3.8) is 0 Å². The molecule has 1 aromatic carbocycles. The van der Waals surface area contributed by atoms with E-state index < -0.39 is 6.29 Å². The lowest BCUT2D eigenvalue weighted by molar-refractivity contribution is -0.286. The molecule has 1 amide bonds. The van der Waals surface area contributed by atoms with Crippen LogP contribution in [0.15, 0.2) is 55.1 Å². The third kappa shape index (κ3) is 2.68. The number of hydrogen-bond acceptors (Lipinski definition) is 5. The molecule has 156 valence electrons. The van der Waals surface area contributed by atoms with Crippen molar-refractivity contribution in [2.75, 3.05) is 11.4 Å². The Labute approximate surface area is 174 Å². The van der Waals surface area contributed by atoms with Crippen molar-refractivity contribution in [2.45, 2.75) is 19.3 Å². The molecule has 5 heterocycles. The number of halogens is 2. The summed E-state index contributed by atoms with van der Waals surface area (Å²) in [5.41, 5.74) is 3.17. The van der Waals surface area contributed by atoms with Crippen LogP contribution in [0.1, 0.15) is 23.5 Å². The van der Waals surface area contributed by atoms with Crippen LogP contribution in [0.25, 0.3) is 16.8 Å². The van der Waals surface area contributed by atoms with Gasteiger partial charge in [0.2, 0.25) is 0 Å². The van der Waals surface area contributed by atoms with Gasteiger partial charge in [0.25, 0.3) is 5.91 Å². The lowest BCUT2D eigenvalue weighted by atomic mass is 10.0. The molecular formula is C21H15F2N5O3. The topological polar surface area (TPSA) is 73.9 Å². The maximum Gasteiger partial charge on any atom is 0.586 e. The van der Waals surface area contributed by atoms with E-state index in [1.54, 1.807) is 28.0 Å². The fourth-order valence-electron chi connectivity index (χ4n) is 4.08. The summed E-state index contributed by atoms with van der Waals surface area (Å²) in [4.78, 5) is 19.3. The third-order valence-corrected chi connectivity index (χ3v) is 5.50. The smallest absolute Gasteiger partial charge is 0.395 e. The van der Waals surface area contributed by atoms with Crippen LogP contribution < -0.4 is 14.4 Å². The number of hydrogen-bond donors (Lipinski definition) is 0. The fourth-order valence-corrected chi connectivity index (χ4v) is 4.08. The summed E-state index contributed by atoms with van der Waals surface area (Å²) in [6.45, 7) is 2.28. The standard InChI is InChI=1S/C21H15F2N5O3/c1-12-10-27(14-3-4-16-17(8-14)31-21(22,23)30-16)20(29)19-15(9-25-28(12)19)13-2-5-18-24-6-7-26(18)11-13/h2-9,11-12H,10H2,1H3/t12-/m0/s1. The van der Waals surface area contributed by atoms with E-state index in [2.05, 4.69) is 19.6 Å². The molecule has 31 heavy (non-hydrogen) atoms. The van der Waals surface area contributed by atoms with Crippen molar-refractivity contribution < 1.29 is 23.0 Å². The fraction of sp³-hybridized carbons (Fsp3) is 0.190. The molecule has 6 rings (SSSR count). The summed E-state index contributed by atoms with van der Waals surface area (Å²) >= 11 is 0. The predicted molar refractivity (Wildman–Crippen MR) is 105 cm³/mol. The largest absolute Gasteiger partial charge is 0.586 e. The summed E-state index contributed by atoms with van der Waals surface area (Å²) in [6.07, 6.45) is 3.38. The van der Waals surface area contributed by atoms with Gasteiger partial charge < -0.3 is 18.8 Å². The number of benzene rings is 1. The van der Waals surface area contributed by atoms with Gasteiger partial charge in [-0.15, -0.1) is 8.78 Å². The Morgan fingerprint density at radius 2 is 2.00 bits per heavy atom. The molecule has 0 bridgehead atoms. The zero-order chi connectivity index (χ0) is 21.3. The van der Waals surface area contributed by atoms with Crippen LogP contribution in [0, 0.1) is 0 Å². The number of nitrogens with zero attached hydrogens (tertiary/aromatic N) is 5. The van der Waals surface area contributed by atoms with Gasteiger partial charge in [0.05, 0.1) is 12.2 Å². The lowest BCUT2D eigenvalue weighted by Gasteiger charge is -2.32. The normalized spacial score (nSPS) is 19.1. The predicted octanol–water partition coefficient (Wildman–Crippen LogP) is 3.74. The Hall–Kier alpha value is -3.95. The zero-order valence-electron chi connectivity index (χ0n) is 16.2. The molecule has 0 saturated heterocycles. The highest BCUT2D eigenvalue weighted by Crippen LogP contribution is 2.43. The molecule has 2 aliphatic heterocycles. The van der Waals surface area contributed by atoms with E-state index in [0.717, 1.165) is 11.2 Å². The van der Waals surface area contributed by atoms with Crippen molar-refractivity contribution in [2.24, 2.45) is 0 Å². The number of amides is 1. The van der Waals surface area contributed by atoms with E-state index in [1.165, 1.54) is 12.1 Å². The minimum atomic E-state index is -3.71. The van der Waals surface area contributed by atoms with Gasteiger partial charge in [-0.3, -0.25) is 9.48 Å². The minimum absolute atomic E-state index is 0.0642. The summed E-state index contributed by atoms with van der Waals surface area (Å²) in [6, 6.07) is 7.97. The van der Waals surface area contributed by atoms with Crippen LogP contribution in [0.5, 0.6) is 11.5 Å². The Morgan fingerprint density at radius 3 is 2.87 bits per heavy atom. The van der Waals surface area contributed by atoms with Crippen LogP contribution in [0.2, 0.25) is 0 Å². The number of carbonyl (C=O) groups excluding carboxylic acids is 1. The number of alkyl halides is 2. The van der Waals surface area contributed by atoms with Crippen LogP contribution in [0.3, 0.4) is 0 Å². The molecule has 2 aliphatic rings. The second kappa shape index (κ2) is 6.03. The summed E-state index contributed by atoms with van der Waals surface area (Å²) in [5, 5.41) is 4.44. The van der Waals surface area contributed by atoms with Crippen molar-refractivity contribution in [3.05, 3.63) is 60.8 Å². The van der Waals surface area contributed by atoms with Crippen LogP contribution in [-0.4, -0.2) is 37.9 Å². The molecule has 0 N–H and O–H groups in total. The monoisotopic (exact) mass is 423 g/mol. The molecule has 0 radical (unpaired) electrons. The van der Waals surface area contributed by atoms with Crippen molar-refractivity contribution in [1.29, 1.82) is 0 Å². The van der Waals surface area contributed by atoms with E-state index in [1.807, 2.05) is 35.9 Å². The minimum Gasteiger partial charge on any atom is -0.395 e. The number of rotatable bonds is 2. The molecule has 0 saturated carbocycles. The van der Waals surface area contributed by atoms with E-state index in [-0.39, 0.29) is 23.4 Å². The first kappa shape index (κ1) is 17.9. The number of ether oxygens (including phenoxy) is 2. The molecule has 0 aliphatic carbocycles. The molecule has 0 spiro atoms. The Morgan fingerprint density at radius 1 is 1.16 bits per heavy atom. The van der Waals surface area contributed by atoms with Crippen LogP contribution >= 0.6 is 0 Å². The second-order valence-electron chi connectivity index (χ2n) is 7.53. The lowest BCUT2D eigenvalue weighted by Crippen LogP contribution is -2.42. The average Bonchev–Trinajstić information content (AvgIpc) is 3.44. The molecule has 8 nitrogen and oxygen atoms in total. The van der Waals surface area contributed by atoms with Gasteiger partial charge in [-0.2, -0.15) is 5.10 Å². The quantitative estimate of drug-likeness (QED) is 0.491. The summed E-state index contributed by atoms with van der Waals surface area (Å²) in [5.74, 6) is -0.444. The molecular weight excluding hydrogens is 408 g/mol. The van der Waals surface area contributed by atoms with E-state index >= 15 is 0 Å². The Balaban J connectivity index is 1.42. The van der Waals surface area contributed by atoms with Crippen molar-refractivity contribution in [3.8, 4) is 22.6 Å². The first-order valence-corrected chi connectivity index (χ1v) is 9.62. The molecule has 3 aromatic heterocycles. The molecule has 0 unspecified atom stereocenters. The molecule has 0 fully saturated rings. The number of fused-ring (bicyclic) bond motifs is 3. The SMILES string of the molecule is C[C@H]1CN(c2ccc3c(c2)OC(F)(F)O3)C(=O)c2c(-c3ccc4nccn4c3)cnn21. The molecule has 4 aromatic rings. The van der Waals surface area contributed by atoms with Gasteiger partial charge >= 0.3 is 6.29 Å². The zero-order valence-corrected chi connectivity index (χ0v) is 16.2. The van der Waals surface area contributed by atoms with Gasteiger partial charge in [-0.25, -0.2) is 4.98 Å². The first-order chi connectivity index (χ1) is 14.9. The summed E-state index contributed by atoms with van der Waals surface area (Å²) < 4.78 is 39.4. The van der Waals surface area contributed by atoms with Gasteiger partial charge in [0.1, 0.15) is 11.3 Å². The maximum atomic E-state index is 13.5. The number of aromatic nitrogens is 4. The highest BCUT2D eigenvalue weighted by Gasteiger charge is 2.44. The van der Waals surface area contributed by atoms with Gasteiger partial charge in [0.15, 0.2) is 11.5 Å². The van der Waals surface area contributed by atoms with Crippen molar-refractivity contribution in [1.82, 2.24) is 19.2 Å². The van der Waals surface area contributed by atoms with Gasteiger partial charge in [0, 0.05) is 48.0 Å². The Bertz CT molecular complexity index is 1360. The van der Waals surface area contributed by atoms with Crippen molar-refractivity contribution >= 4 is 17.2 Å². The number of pyridine rings is 1. The first-order valence-electron chi connectivity index (χ1n) is 9.62. The van der Waals surface area contributed by atoms with Crippen LogP contribution in [0.4, 0.5) is 14.5 Å². The second-order valence-corrected chi connectivity index (χ2v) is 7.53. The highest BCUT2D eigenvalue weighted by atomic mass is 19.3. The Kier molecular flexibility index (Phi) is 3.48. The van der Waals surface area contributed by atoms with Gasteiger partial charge in [-0.05, 0) is 31.2 Å². The van der Waals surface area contributed by atoms with Gasteiger partial charge in [-0.1, -0.05) is 0 Å². The highest BCUT2D eigenvalue weighted by molar-refractivity contribution is 6.10. The van der Waals surface area contributed by atoms with E-state index in [9.17, 15) is 13.6 Å². The van der Waals surface area contributed by atoms with E-state index in [4.69, 9.17) is 0 Å². The number of anilines is 1. The molecule has 1 atom stereocenters. The maximum absolute atomic E-state index is 13.5. The number of carbonyl (C=O) groups is 1. The number of imidazole rings is 1. The average molecular weight is 423 g/mol. The molecule has 10 heteroatoms. The van der Waals surface area contributed by atoms with E-state index in [0.29, 0.717) is 23.5 Å².